The van der Waals surface area contributed by atoms with Crippen molar-refractivity contribution in [2.24, 2.45) is 0 Å². The van der Waals surface area contributed by atoms with Crippen LogP contribution in [0, 0.1) is 0 Å². The number of ether oxygens (including phenoxy) is 2. The van der Waals surface area contributed by atoms with Crippen molar-refractivity contribution in [2.45, 2.75) is 24.0 Å². The van der Waals surface area contributed by atoms with Gasteiger partial charge in [-0.15, -0.1) is 0 Å². The average molecular weight is 527 g/mol. The van der Waals surface area contributed by atoms with E-state index >= 15 is 0 Å². The summed E-state index contributed by atoms with van der Waals surface area (Å²) < 4.78 is 40.5. The Balaban J connectivity index is 1.35. The maximum atomic E-state index is 13.3. The van der Waals surface area contributed by atoms with E-state index in [1.807, 2.05) is 84.9 Å². The van der Waals surface area contributed by atoms with Crippen molar-refractivity contribution in [2.75, 3.05) is 0 Å². The molecule has 0 radical (unpaired) electrons. The van der Waals surface area contributed by atoms with Crippen molar-refractivity contribution in [1.82, 2.24) is 9.71 Å². The predicted molar refractivity (Wildman–Crippen MR) is 145 cm³/mol. The lowest BCUT2D eigenvalue weighted by Gasteiger charge is -2.18. The van der Waals surface area contributed by atoms with Gasteiger partial charge in [0.2, 0.25) is 10.0 Å². The molecule has 0 amide bonds. The number of aromatic nitrogens is 1. The average Bonchev–Trinajstić information content (AvgIpc) is 3.35. The number of para-hydroxylation sites is 2. The van der Waals surface area contributed by atoms with Crippen LogP contribution in [0.2, 0.25) is 0 Å². The summed E-state index contributed by atoms with van der Waals surface area (Å²) in [5.74, 6) is 0.473. The highest BCUT2D eigenvalue weighted by atomic mass is 32.2. The topological polar surface area (TPSA) is 97.5 Å². The number of esters is 1. The molecule has 5 aromatic rings. The molecular weight excluding hydrogens is 500 g/mol. The van der Waals surface area contributed by atoms with Gasteiger partial charge < -0.3 is 14.5 Å². The lowest BCUT2D eigenvalue weighted by Crippen LogP contribution is -2.43. The molecule has 5 rings (SSSR count). The normalized spacial score (nSPS) is 12.2. The molecule has 38 heavy (non-hydrogen) atoms. The predicted octanol–water partition coefficient (Wildman–Crippen LogP) is 5.59. The largest absolute Gasteiger partial charge is 0.460 e. The van der Waals surface area contributed by atoms with Crippen LogP contribution in [-0.4, -0.2) is 25.4 Å². The summed E-state index contributed by atoms with van der Waals surface area (Å²) in [7, 11) is -4.05. The Hall–Kier alpha value is -4.40. The quantitative estimate of drug-likeness (QED) is 0.231. The van der Waals surface area contributed by atoms with E-state index in [9.17, 15) is 13.2 Å². The molecule has 0 bridgehead atoms. The highest BCUT2D eigenvalue weighted by Gasteiger charge is 2.28. The Morgan fingerprint density at radius 1 is 0.789 bits per heavy atom. The third kappa shape index (κ3) is 6.11. The van der Waals surface area contributed by atoms with Crippen molar-refractivity contribution < 1.29 is 22.7 Å². The van der Waals surface area contributed by atoms with Crippen LogP contribution in [0.1, 0.15) is 11.1 Å². The van der Waals surface area contributed by atoms with Gasteiger partial charge in [0.1, 0.15) is 24.1 Å². The summed E-state index contributed by atoms with van der Waals surface area (Å²) in [6.07, 6.45) is 1.90. The number of sulfonamides is 1. The number of hydrogen-bond acceptors (Lipinski definition) is 5. The van der Waals surface area contributed by atoms with E-state index in [0.29, 0.717) is 11.5 Å². The van der Waals surface area contributed by atoms with E-state index < -0.39 is 22.0 Å². The van der Waals surface area contributed by atoms with Crippen molar-refractivity contribution in [1.29, 1.82) is 0 Å². The van der Waals surface area contributed by atoms with E-state index in [4.69, 9.17) is 9.47 Å². The number of aromatic amines is 1. The van der Waals surface area contributed by atoms with Gasteiger partial charge in [-0.05, 0) is 53.6 Å². The Morgan fingerprint density at radius 3 is 2.16 bits per heavy atom. The molecule has 0 aliphatic heterocycles. The Labute approximate surface area is 221 Å². The molecule has 2 N–H and O–H groups in total. The van der Waals surface area contributed by atoms with Gasteiger partial charge in [-0.2, -0.15) is 4.72 Å². The Kier molecular flexibility index (Phi) is 7.53. The molecule has 0 aliphatic rings. The smallest absolute Gasteiger partial charge is 0.324 e. The Bertz CT molecular complexity index is 1620. The van der Waals surface area contributed by atoms with Crippen molar-refractivity contribution in [3.05, 3.63) is 127 Å². The molecule has 0 aliphatic carbocycles. The minimum atomic E-state index is -4.05. The lowest BCUT2D eigenvalue weighted by atomic mass is 10.1. The number of carbonyl (C=O) groups excluding carboxylic acids is 1. The summed E-state index contributed by atoms with van der Waals surface area (Å²) >= 11 is 0. The molecular formula is C30H26N2O5S. The van der Waals surface area contributed by atoms with Crippen LogP contribution in [0.4, 0.5) is 0 Å². The molecule has 1 atom stereocenters. The molecule has 192 valence electrons. The number of carbonyl (C=O) groups is 1. The molecule has 0 unspecified atom stereocenters. The molecule has 1 heterocycles. The van der Waals surface area contributed by atoms with Gasteiger partial charge in [-0.1, -0.05) is 66.7 Å². The first kappa shape index (κ1) is 25.3. The van der Waals surface area contributed by atoms with E-state index in [0.717, 1.165) is 22.0 Å². The van der Waals surface area contributed by atoms with Gasteiger partial charge in [-0.25, -0.2) is 8.42 Å². The van der Waals surface area contributed by atoms with Crippen LogP contribution in [0.3, 0.4) is 0 Å². The fourth-order valence-electron chi connectivity index (χ4n) is 4.09. The minimum absolute atomic E-state index is 0.0118. The number of benzene rings is 4. The Morgan fingerprint density at radius 2 is 1.42 bits per heavy atom. The second kappa shape index (κ2) is 11.3. The molecule has 7 nitrogen and oxygen atoms in total. The maximum Gasteiger partial charge on any atom is 0.324 e. The van der Waals surface area contributed by atoms with Gasteiger partial charge in [0, 0.05) is 23.5 Å². The van der Waals surface area contributed by atoms with Crippen molar-refractivity contribution >= 4 is 26.9 Å². The zero-order valence-corrected chi connectivity index (χ0v) is 21.2. The summed E-state index contributed by atoms with van der Waals surface area (Å²) in [5.41, 5.74) is 2.51. The van der Waals surface area contributed by atoms with Crippen LogP contribution < -0.4 is 9.46 Å². The van der Waals surface area contributed by atoms with Crippen LogP contribution in [0.25, 0.3) is 10.9 Å². The number of fused-ring (bicyclic) bond motifs is 1. The van der Waals surface area contributed by atoms with Crippen molar-refractivity contribution in [3.63, 3.8) is 0 Å². The summed E-state index contributed by atoms with van der Waals surface area (Å²) in [6.45, 7) is 0.0390. The van der Waals surface area contributed by atoms with Gasteiger partial charge in [0.05, 0.1) is 4.90 Å². The lowest BCUT2D eigenvalue weighted by molar-refractivity contribution is -0.147. The number of rotatable bonds is 10. The molecule has 8 heteroatoms. The van der Waals surface area contributed by atoms with E-state index in [-0.39, 0.29) is 17.9 Å². The SMILES string of the molecule is O=C(OCc1ccccc1)[C@@H](Cc1c[nH]c2ccccc12)NS(=O)(=O)c1ccc(Oc2ccccc2)cc1. The van der Waals surface area contributed by atoms with E-state index in [2.05, 4.69) is 9.71 Å². The first-order valence-electron chi connectivity index (χ1n) is 12.1. The summed E-state index contributed by atoms with van der Waals surface area (Å²) in [4.78, 5) is 16.3. The first-order valence-corrected chi connectivity index (χ1v) is 13.6. The molecule has 0 saturated heterocycles. The highest BCUT2D eigenvalue weighted by Crippen LogP contribution is 2.24. The van der Waals surface area contributed by atoms with Crippen LogP contribution >= 0.6 is 0 Å². The van der Waals surface area contributed by atoms with Gasteiger partial charge in [0.25, 0.3) is 0 Å². The van der Waals surface area contributed by atoms with Gasteiger partial charge in [-0.3, -0.25) is 4.79 Å². The number of H-pyrrole nitrogens is 1. The number of nitrogens with one attached hydrogen (secondary N) is 2. The van der Waals surface area contributed by atoms with Gasteiger partial charge >= 0.3 is 5.97 Å². The summed E-state index contributed by atoms with van der Waals surface area (Å²) in [5, 5.41) is 0.912. The van der Waals surface area contributed by atoms with Crippen LogP contribution in [0.15, 0.2) is 120 Å². The molecule has 1 aromatic heterocycles. The fourth-order valence-corrected chi connectivity index (χ4v) is 5.27. The highest BCUT2D eigenvalue weighted by molar-refractivity contribution is 7.89. The zero-order valence-electron chi connectivity index (χ0n) is 20.4. The van der Waals surface area contributed by atoms with Crippen molar-refractivity contribution in [3.8, 4) is 11.5 Å². The second-order valence-electron chi connectivity index (χ2n) is 8.72. The molecule has 4 aromatic carbocycles. The van der Waals surface area contributed by atoms with E-state index in [1.54, 1.807) is 18.3 Å². The fraction of sp³-hybridized carbons (Fsp3) is 0.100. The zero-order chi connectivity index (χ0) is 26.4. The molecule has 0 saturated carbocycles. The first-order chi connectivity index (χ1) is 18.5. The second-order valence-corrected chi connectivity index (χ2v) is 10.4. The monoisotopic (exact) mass is 526 g/mol. The van der Waals surface area contributed by atoms with Gasteiger partial charge in [0.15, 0.2) is 0 Å². The minimum Gasteiger partial charge on any atom is -0.460 e. The molecule has 0 fully saturated rings. The maximum absolute atomic E-state index is 13.3. The third-order valence-corrected chi connectivity index (χ3v) is 7.51. The van der Waals surface area contributed by atoms with Crippen LogP contribution in [-0.2, 0) is 32.6 Å². The molecule has 0 spiro atoms. The summed E-state index contributed by atoms with van der Waals surface area (Å²) in [6, 6.07) is 31.0. The number of hydrogen-bond donors (Lipinski definition) is 2. The third-order valence-electron chi connectivity index (χ3n) is 6.02. The van der Waals surface area contributed by atoms with E-state index in [1.165, 1.54) is 12.1 Å². The standard InChI is InChI=1S/C30H26N2O5S/c33-30(36-21-22-9-3-1-4-10-22)29(19-23-20-31-28-14-8-7-13-27(23)28)32-38(34,35)26-17-15-25(16-18-26)37-24-11-5-2-6-12-24/h1-18,20,29,31-32H,19,21H2/t29-/m1/s1. The van der Waals surface area contributed by atoms with Crippen LogP contribution in [0.5, 0.6) is 11.5 Å².